The average molecular weight is 304 g/mol. The molecule has 0 fully saturated rings. The maximum atomic E-state index is 6.08. The van der Waals surface area contributed by atoms with Crippen LogP contribution in [0.25, 0.3) is 0 Å². The molecule has 0 aliphatic carbocycles. The van der Waals surface area contributed by atoms with Crippen LogP contribution in [-0.4, -0.2) is 6.54 Å². The third-order valence-corrected chi connectivity index (χ3v) is 3.93. The zero-order valence-corrected chi connectivity index (χ0v) is 13.6. The van der Waals surface area contributed by atoms with Gasteiger partial charge in [0.25, 0.3) is 0 Å². The van der Waals surface area contributed by atoms with Crippen molar-refractivity contribution in [1.29, 1.82) is 0 Å². The fraction of sp³-hybridized carbons (Fsp3) is 0.333. The highest BCUT2D eigenvalue weighted by Crippen LogP contribution is 2.32. The lowest BCUT2D eigenvalue weighted by molar-refractivity contribution is 0.452. The molecule has 2 nitrogen and oxygen atoms in total. The SMILES string of the molecule is CCNC(CC)c1ccccc1Oc1ccc(Cl)c(C)c1. The Balaban J connectivity index is 2.29. The number of ether oxygens (including phenoxy) is 1. The number of para-hydroxylation sites is 1. The van der Waals surface area contributed by atoms with Crippen LogP contribution in [0.4, 0.5) is 0 Å². The molecule has 2 aromatic carbocycles. The summed E-state index contributed by atoms with van der Waals surface area (Å²) in [5.74, 6) is 1.71. The van der Waals surface area contributed by atoms with Crippen molar-refractivity contribution >= 4 is 11.6 Å². The third kappa shape index (κ3) is 3.99. The number of hydrogen-bond acceptors (Lipinski definition) is 2. The van der Waals surface area contributed by atoms with E-state index in [1.165, 1.54) is 5.56 Å². The maximum absolute atomic E-state index is 6.08. The Kier molecular flexibility index (Phi) is 5.66. The van der Waals surface area contributed by atoms with Gasteiger partial charge in [-0.05, 0) is 49.7 Å². The fourth-order valence-corrected chi connectivity index (χ4v) is 2.51. The lowest BCUT2D eigenvalue weighted by atomic mass is 10.0. The van der Waals surface area contributed by atoms with Crippen molar-refractivity contribution in [2.24, 2.45) is 0 Å². The minimum absolute atomic E-state index is 0.305. The zero-order chi connectivity index (χ0) is 15.2. The van der Waals surface area contributed by atoms with E-state index in [4.69, 9.17) is 16.3 Å². The molecule has 0 aliphatic heterocycles. The molecule has 0 amide bonds. The van der Waals surface area contributed by atoms with Gasteiger partial charge in [-0.3, -0.25) is 0 Å². The molecular formula is C18H22ClNO. The van der Waals surface area contributed by atoms with Crippen LogP contribution in [0, 0.1) is 6.92 Å². The van der Waals surface area contributed by atoms with E-state index in [1.807, 2.05) is 37.3 Å². The quantitative estimate of drug-likeness (QED) is 0.760. The summed E-state index contributed by atoms with van der Waals surface area (Å²) in [6.07, 6.45) is 1.02. The second-order valence-electron chi connectivity index (χ2n) is 5.07. The van der Waals surface area contributed by atoms with Crippen LogP contribution in [0.15, 0.2) is 42.5 Å². The average Bonchev–Trinajstić information content (AvgIpc) is 2.49. The minimum Gasteiger partial charge on any atom is -0.457 e. The Morgan fingerprint density at radius 3 is 2.57 bits per heavy atom. The van der Waals surface area contributed by atoms with Crippen molar-refractivity contribution in [3.05, 3.63) is 58.6 Å². The Bertz CT molecular complexity index is 598. The molecule has 1 atom stereocenters. The Hall–Kier alpha value is -1.51. The first kappa shape index (κ1) is 15.9. The van der Waals surface area contributed by atoms with E-state index in [0.29, 0.717) is 6.04 Å². The summed E-state index contributed by atoms with van der Waals surface area (Å²) in [6, 6.07) is 14.2. The summed E-state index contributed by atoms with van der Waals surface area (Å²) in [6.45, 7) is 7.21. The monoisotopic (exact) mass is 303 g/mol. The summed E-state index contributed by atoms with van der Waals surface area (Å²) in [5.41, 5.74) is 2.21. The van der Waals surface area contributed by atoms with Gasteiger partial charge in [0.2, 0.25) is 0 Å². The molecule has 3 heteroatoms. The van der Waals surface area contributed by atoms with E-state index in [1.54, 1.807) is 0 Å². The van der Waals surface area contributed by atoms with Crippen molar-refractivity contribution in [2.45, 2.75) is 33.2 Å². The van der Waals surface area contributed by atoms with Crippen LogP contribution in [-0.2, 0) is 0 Å². The molecule has 0 aromatic heterocycles. The van der Waals surface area contributed by atoms with Crippen molar-refractivity contribution in [2.75, 3.05) is 6.54 Å². The molecule has 21 heavy (non-hydrogen) atoms. The molecule has 2 aromatic rings. The van der Waals surface area contributed by atoms with E-state index < -0.39 is 0 Å². The second kappa shape index (κ2) is 7.48. The first-order chi connectivity index (χ1) is 10.2. The van der Waals surface area contributed by atoms with Gasteiger partial charge in [0.15, 0.2) is 0 Å². The summed E-state index contributed by atoms with van der Waals surface area (Å²) < 4.78 is 6.08. The highest BCUT2D eigenvalue weighted by atomic mass is 35.5. The molecule has 112 valence electrons. The molecule has 0 saturated heterocycles. The van der Waals surface area contributed by atoms with Crippen LogP contribution in [0.3, 0.4) is 0 Å². The summed E-state index contributed by atoms with van der Waals surface area (Å²) >= 11 is 6.06. The topological polar surface area (TPSA) is 21.3 Å². The van der Waals surface area contributed by atoms with E-state index in [2.05, 4.69) is 31.3 Å². The smallest absolute Gasteiger partial charge is 0.132 e. The number of hydrogen-bond donors (Lipinski definition) is 1. The number of rotatable bonds is 6. The summed E-state index contributed by atoms with van der Waals surface area (Å²) in [5, 5.41) is 4.25. The molecule has 0 aliphatic rings. The van der Waals surface area contributed by atoms with Crippen molar-refractivity contribution in [3.8, 4) is 11.5 Å². The Labute approximate surface area is 132 Å². The first-order valence-electron chi connectivity index (χ1n) is 7.42. The number of nitrogens with one attached hydrogen (secondary N) is 1. The van der Waals surface area contributed by atoms with Gasteiger partial charge in [-0.1, -0.05) is 43.6 Å². The van der Waals surface area contributed by atoms with Gasteiger partial charge >= 0.3 is 0 Å². The molecule has 0 bridgehead atoms. The minimum atomic E-state index is 0.305. The van der Waals surface area contributed by atoms with Crippen LogP contribution in [0.5, 0.6) is 11.5 Å². The molecule has 0 heterocycles. The summed E-state index contributed by atoms with van der Waals surface area (Å²) in [4.78, 5) is 0. The van der Waals surface area contributed by atoms with Crippen LogP contribution >= 0.6 is 11.6 Å². The van der Waals surface area contributed by atoms with E-state index >= 15 is 0 Å². The zero-order valence-electron chi connectivity index (χ0n) is 12.8. The number of halogens is 1. The van der Waals surface area contributed by atoms with Crippen LogP contribution < -0.4 is 10.1 Å². The molecule has 0 saturated carbocycles. The lowest BCUT2D eigenvalue weighted by Crippen LogP contribution is -2.20. The van der Waals surface area contributed by atoms with Gasteiger partial charge in [-0.25, -0.2) is 0 Å². The fourth-order valence-electron chi connectivity index (χ4n) is 2.39. The third-order valence-electron chi connectivity index (χ3n) is 3.51. The molecule has 0 spiro atoms. The van der Waals surface area contributed by atoms with Crippen molar-refractivity contribution in [3.63, 3.8) is 0 Å². The van der Waals surface area contributed by atoms with Gasteiger partial charge in [-0.15, -0.1) is 0 Å². The highest BCUT2D eigenvalue weighted by molar-refractivity contribution is 6.31. The van der Waals surface area contributed by atoms with Gasteiger partial charge < -0.3 is 10.1 Å². The van der Waals surface area contributed by atoms with E-state index in [0.717, 1.165) is 35.1 Å². The van der Waals surface area contributed by atoms with E-state index in [9.17, 15) is 0 Å². The number of benzene rings is 2. The van der Waals surface area contributed by atoms with Crippen molar-refractivity contribution in [1.82, 2.24) is 5.32 Å². The first-order valence-corrected chi connectivity index (χ1v) is 7.79. The Morgan fingerprint density at radius 1 is 1.14 bits per heavy atom. The summed E-state index contributed by atoms with van der Waals surface area (Å²) in [7, 11) is 0. The molecule has 1 N–H and O–H groups in total. The molecular weight excluding hydrogens is 282 g/mol. The molecule has 2 rings (SSSR count). The lowest BCUT2D eigenvalue weighted by Gasteiger charge is -2.20. The standard InChI is InChI=1S/C18H22ClNO/c1-4-17(20-5-2)15-8-6-7-9-18(15)21-14-10-11-16(19)13(3)12-14/h6-12,17,20H,4-5H2,1-3H3. The Morgan fingerprint density at radius 2 is 1.90 bits per heavy atom. The predicted molar refractivity (Wildman–Crippen MR) is 89.4 cm³/mol. The molecule has 0 radical (unpaired) electrons. The van der Waals surface area contributed by atoms with Gasteiger partial charge in [0, 0.05) is 16.6 Å². The van der Waals surface area contributed by atoms with Gasteiger partial charge in [-0.2, -0.15) is 0 Å². The maximum Gasteiger partial charge on any atom is 0.132 e. The number of aryl methyl sites for hydroxylation is 1. The van der Waals surface area contributed by atoms with Crippen LogP contribution in [0.1, 0.15) is 37.4 Å². The predicted octanol–water partition coefficient (Wildman–Crippen LogP) is 5.50. The second-order valence-corrected chi connectivity index (χ2v) is 5.48. The van der Waals surface area contributed by atoms with Crippen LogP contribution in [0.2, 0.25) is 5.02 Å². The van der Waals surface area contributed by atoms with Gasteiger partial charge in [0.05, 0.1) is 0 Å². The van der Waals surface area contributed by atoms with Crippen molar-refractivity contribution < 1.29 is 4.74 Å². The van der Waals surface area contributed by atoms with Gasteiger partial charge in [0.1, 0.15) is 11.5 Å². The molecule has 1 unspecified atom stereocenters. The van der Waals surface area contributed by atoms with E-state index in [-0.39, 0.29) is 0 Å². The highest BCUT2D eigenvalue weighted by Gasteiger charge is 2.13. The normalized spacial score (nSPS) is 12.2. The largest absolute Gasteiger partial charge is 0.457 e.